The number of benzene rings is 2. The number of hydrogen-bond donors (Lipinski definition) is 1. The zero-order chi connectivity index (χ0) is 14.8. The first-order valence-electron chi connectivity index (χ1n) is 7.43. The van der Waals surface area contributed by atoms with E-state index in [0.717, 1.165) is 28.7 Å². The lowest BCUT2D eigenvalue weighted by Crippen LogP contribution is -2.15. The lowest BCUT2D eigenvalue weighted by Gasteiger charge is -2.13. The number of nitrogens with zero attached hydrogens (tertiary/aromatic N) is 1. The SMILES string of the molecule is CN(C)c1ccc(-c2ccc(CNC3CC3)cc2Cl)cc1. The van der Waals surface area contributed by atoms with E-state index in [9.17, 15) is 0 Å². The summed E-state index contributed by atoms with van der Waals surface area (Å²) in [4.78, 5) is 2.10. The summed E-state index contributed by atoms with van der Waals surface area (Å²) in [6.45, 7) is 0.907. The van der Waals surface area contributed by atoms with E-state index in [2.05, 4.69) is 52.7 Å². The maximum Gasteiger partial charge on any atom is 0.0487 e. The monoisotopic (exact) mass is 300 g/mol. The van der Waals surface area contributed by atoms with Gasteiger partial charge in [-0.3, -0.25) is 0 Å². The fourth-order valence-corrected chi connectivity index (χ4v) is 2.70. The van der Waals surface area contributed by atoms with Crippen LogP contribution in [0.15, 0.2) is 42.5 Å². The Morgan fingerprint density at radius 2 is 1.81 bits per heavy atom. The van der Waals surface area contributed by atoms with Gasteiger partial charge in [0.2, 0.25) is 0 Å². The van der Waals surface area contributed by atoms with Crippen molar-refractivity contribution in [1.82, 2.24) is 5.32 Å². The van der Waals surface area contributed by atoms with Gasteiger partial charge < -0.3 is 10.2 Å². The molecule has 3 heteroatoms. The van der Waals surface area contributed by atoms with Crippen LogP contribution in [0.3, 0.4) is 0 Å². The molecule has 1 N–H and O–H groups in total. The van der Waals surface area contributed by atoms with Crippen molar-refractivity contribution in [2.45, 2.75) is 25.4 Å². The summed E-state index contributed by atoms with van der Waals surface area (Å²) in [6.07, 6.45) is 2.62. The molecule has 1 saturated carbocycles. The van der Waals surface area contributed by atoms with Gasteiger partial charge in [-0.2, -0.15) is 0 Å². The van der Waals surface area contributed by atoms with E-state index in [1.54, 1.807) is 0 Å². The Balaban J connectivity index is 1.77. The van der Waals surface area contributed by atoms with Crippen molar-refractivity contribution in [3.63, 3.8) is 0 Å². The summed E-state index contributed by atoms with van der Waals surface area (Å²) < 4.78 is 0. The van der Waals surface area contributed by atoms with Gasteiger partial charge in [0.25, 0.3) is 0 Å². The van der Waals surface area contributed by atoms with Crippen molar-refractivity contribution in [3.8, 4) is 11.1 Å². The number of rotatable bonds is 5. The van der Waals surface area contributed by atoms with Crippen LogP contribution in [0.25, 0.3) is 11.1 Å². The molecule has 0 spiro atoms. The van der Waals surface area contributed by atoms with Crippen LogP contribution in [0.5, 0.6) is 0 Å². The predicted molar refractivity (Wildman–Crippen MR) is 91.1 cm³/mol. The minimum atomic E-state index is 0.724. The van der Waals surface area contributed by atoms with E-state index in [-0.39, 0.29) is 0 Å². The van der Waals surface area contributed by atoms with Gasteiger partial charge >= 0.3 is 0 Å². The van der Waals surface area contributed by atoms with Gasteiger partial charge in [-0.1, -0.05) is 35.9 Å². The van der Waals surface area contributed by atoms with E-state index < -0.39 is 0 Å². The average molecular weight is 301 g/mol. The average Bonchev–Trinajstić information content (AvgIpc) is 3.29. The Morgan fingerprint density at radius 1 is 1.10 bits per heavy atom. The van der Waals surface area contributed by atoms with Gasteiger partial charge in [-0.15, -0.1) is 0 Å². The van der Waals surface area contributed by atoms with Crippen LogP contribution in [-0.4, -0.2) is 20.1 Å². The fourth-order valence-electron chi connectivity index (χ4n) is 2.39. The van der Waals surface area contributed by atoms with Crippen LogP contribution in [0.2, 0.25) is 5.02 Å². The standard InChI is InChI=1S/C18H21ClN2/c1-21(2)16-8-4-14(5-9-16)17-10-3-13(11-18(17)19)12-20-15-6-7-15/h3-5,8-11,15,20H,6-7,12H2,1-2H3. The van der Waals surface area contributed by atoms with Crippen molar-refractivity contribution < 1.29 is 0 Å². The summed E-state index contributed by atoms with van der Waals surface area (Å²) in [7, 11) is 4.09. The number of anilines is 1. The molecule has 0 unspecified atom stereocenters. The maximum absolute atomic E-state index is 6.46. The molecule has 0 saturated heterocycles. The van der Waals surface area contributed by atoms with Crippen molar-refractivity contribution in [1.29, 1.82) is 0 Å². The Labute approximate surface area is 131 Å². The van der Waals surface area contributed by atoms with Crippen LogP contribution in [0.1, 0.15) is 18.4 Å². The van der Waals surface area contributed by atoms with E-state index in [0.29, 0.717) is 0 Å². The second-order valence-corrected chi connectivity index (χ2v) is 6.32. The largest absolute Gasteiger partial charge is 0.378 e. The molecule has 0 aliphatic heterocycles. The van der Waals surface area contributed by atoms with Crippen molar-refractivity contribution in [2.75, 3.05) is 19.0 Å². The molecule has 0 bridgehead atoms. The highest BCUT2D eigenvalue weighted by atomic mass is 35.5. The molecule has 1 aliphatic carbocycles. The van der Waals surface area contributed by atoms with Gasteiger partial charge in [0, 0.05) is 43.0 Å². The zero-order valence-electron chi connectivity index (χ0n) is 12.6. The third kappa shape index (κ3) is 3.58. The minimum absolute atomic E-state index is 0.724. The number of halogens is 1. The van der Waals surface area contributed by atoms with E-state index in [1.165, 1.54) is 24.1 Å². The molecule has 0 radical (unpaired) electrons. The lowest BCUT2D eigenvalue weighted by atomic mass is 10.0. The molecule has 0 atom stereocenters. The molecule has 2 aromatic carbocycles. The molecule has 1 aliphatic rings. The second-order valence-electron chi connectivity index (χ2n) is 5.91. The number of hydrogen-bond acceptors (Lipinski definition) is 2. The molecule has 3 rings (SSSR count). The third-order valence-electron chi connectivity index (χ3n) is 3.90. The molecule has 0 amide bonds. The number of nitrogens with one attached hydrogen (secondary N) is 1. The molecule has 1 fully saturated rings. The topological polar surface area (TPSA) is 15.3 Å². The molecule has 0 heterocycles. The molecular weight excluding hydrogens is 280 g/mol. The summed E-state index contributed by atoms with van der Waals surface area (Å²) in [5.74, 6) is 0. The summed E-state index contributed by atoms with van der Waals surface area (Å²) in [6, 6.07) is 15.6. The Bertz CT molecular complexity index is 616. The first-order chi connectivity index (χ1) is 10.1. The first kappa shape index (κ1) is 14.4. The van der Waals surface area contributed by atoms with E-state index in [1.807, 2.05) is 14.1 Å². The normalized spacial score (nSPS) is 14.2. The minimum Gasteiger partial charge on any atom is -0.378 e. The van der Waals surface area contributed by atoms with Crippen LogP contribution >= 0.6 is 11.6 Å². The molecular formula is C18H21ClN2. The quantitative estimate of drug-likeness (QED) is 0.884. The maximum atomic E-state index is 6.46. The van der Waals surface area contributed by atoms with Crippen LogP contribution < -0.4 is 10.2 Å². The highest BCUT2D eigenvalue weighted by Gasteiger charge is 2.20. The van der Waals surface area contributed by atoms with Gasteiger partial charge in [-0.05, 0) is 42.2 Å². The van der Waals surface area contributed by atoms with Gasteiger partial charge in [0.1, 0.15) is 0 Å². The van der Waals surface area contributed by atoms with Gasteiger partial charge in [0.15, 0.2) is 0 Å². The molecule has 0 aromatic heterocycles. The van der Waals surface area contributed by atoms with E-state index >= 15 is 0 Å². The highest BCUT2D eigenvalue weighted by Crippen LogP contribution is 2.30. The zero-order valence-corrected chi connectivity index (χ0v) is 13.3. The van der Waals surface area contributed by atoms with Gasteiger partial charge in [-0.25, -0.2) is 0 Å². The van der Waals surface area contributed by atoms with Crippen LogP contribution in [0.4, 0.5) is 5.69 Å². The Hall–Kier alpha value is -1.51. The van der Waals surface area contributed by atoms with Crippen LogP contribution in [-0.2, 0) is 6.54 Å². The van der Waals surface area contributed by atoms with Crippen molar-refractivity contribution >= 4 is 17.3 Å². The smallest absolute Gasteiger partial charge is 0.0487 e. The molecule has 110 valence electrons. The highest BCUT2D eigenvalue weighted by molar-refractivity contribution is 6.33. The summed E-state index contributed by atoms with van der Waals surface area (Å²) >= 11 is 6.46. The Kier molecular flexibility index (Phi) is 4.18. The first-order valence-corrected chi connectivity index (χ1v) is 7.81. The summed E-state index contributed by atoms with van der Waals surface area (Å²) in [5, 5.41) is 4.34. The summed E-state index contributed by atoms with van der Waals surface area (Å²) in [5.41, 5.74) is 4.70. The Morgan fingerprint density at radius 3 is 2.38 bits per heavy atom. The van der Waals surface area contributed by atoms with Crippen molar-refractivity contribution in [3.05, 3.63) is 53.1 Å². The van der Waals surface area contributed by atoms with Crippen molar-refractivity contribution in [2.24, 2.45) is 0 Å². The predicted octanol–water partition coefficient (Wildman–Crippen LogP) is 4.33. The van der Waals surface area contributed by atoms with E-state index in [4.69, 9.17) is 11.6 Å². The second kappa shape index (κ2) is 6.08. The molecule has 21 heavy (non-hydrogen) atoms. The van der Waals surface area contributed by atoms with Crippen LogP contribution in [0, 0.1) is 0 Å². The fraction of sp³-hybridized carbons (Fsp3) is 0.333. The van der Waals surface area contributed by atoms with Gasteiger partial charge in [0.05, 0.1) is 0 Å². The lowest BCUT2D eigenvalue weighted by molar-refractivity contribution is 0.688. The molecule has 2 aromatic rings. The third-order valence-corrected chi connectivity index (χ3v) is 4.21. The molecule has 2 nitrogen and oxygen atoms in total.